The van der Waals surface area contributed by atoms with Crippen molar-refractivity contribution in [2.45, 2.75) is 44.6 Å². The Morgan fingerprint density at radius 3 is 2.57 bits per heavy atom. The summed E-state index contributed by atoms with van der Waals surface area (Å²) < 4.78 is 1.77. The number of rotatable bonds is 2. The Kier molecular flexibility index (Phi) is 2.45. The molecule has 5 rings (SSSR count). The van der Waals surface area contributed by atoms with E-state index in [0.717, 1.165) is 28.4 Å². The Bertz CT molecular complexity index is 802. The van der Waals surface area contributed by atoms with Crippen LogP contribution in [0.15, 0.2) is 16.9 Å². The van der Waals surface area contributed by atoms with Gasteiger partial charge in [0.1, 0.15) is 5.82 Å². The molecule has 1 aromatic carbocycles. The first-order valence-electron chi connectivity index (χ1n) is 7.69. The van der Waals surface area contributed by atoms with Crippen LogP contribution < -0.4 is 11.3 Å². The molecule has 1 heterocycles. The van der Waals surface area contributed by atoms with Crippen LogP contribution in [0.3, 0.4) is 0 Å². The van der Waals surface area contributed by atoms with E-state index in [9.17, 15) is 4.79 Å². The first kappa shape index (κ1) is 13.0. The van der Waals surface area contributed by atoms with E-state index in [4.69, 9.17) is 10.7 Å². The fraction of sp³-hybridized carbons (Fsp3) is 0.529. The van der Waals surface area contributed by atoms with E-state index in [-0.39, 0.29) is 17.0 Å². The van der Waals surface area contributed by atoms with Crippen molar-refractivity contribution in [2.75, 3.05) is 0 Å². The number of hydrogen-bond acceptors (Lipinski definition) is 3. The third kappa shape index (κ3) is 1.59. The zero-order valence-corrected chi connectivity index (χ0v) is 12.8. The molecule has 0 spiro atoms. The van der Waals surface area contributed by atoms with Gasteiger partial charge in [0.2, 0.25) is 0 Å². The standard InChI is InChI=1S/C17H21N3O/c1-9-4-12(10(2)18)14-13(5-9)15(21)20(3)16(19-14)17-6-11(7-17)8-17/h4-5,10-11H,6-8,18H2,1-3H3/t10-,11?,17?/m1/s1. The molecule has 0 aliphatic heterocycles. The third-order valence-electron chi connectivity index (χ3n) is 5.36. The predicted molar refractivity (Wildman–Crippen MR) is 83.3 cm³/mol. The summed E-state index contributed by atoms with van der Waals surface area (Å²) in [5.74, 6) is 1.83. The second-order valence-electron chi connectivity index (χ2n) is 7.10. The van der Waals surface area contributed by atoms with Gasteiger partial charge in [-0.25, -0.2) is 4.98 Å². The van der Waals surface area contributed by atoms with E-state index in [2.05, 4.69) is 6.07 Å². The minimum Gasteiger partial charge on any atom is -0.324 e. The summed E-state index contributed by atoms with van der Waals surface area (Å²) in [6, 6.07) is 3.88. The monoisotopic (exact) mass is 283 g/mol. The quantitative estimate of drug-likeness (QED) is 0.920. The van der Waals surface area contributed by atoms with Crippen LogP contribution in [0, 0.1) is 12.8 Å². The highest BCUT2D eigenvalue weighted by Crippen LogP contribution is 2.64. The second kappa shape index (κ2) is 3.95. The van der Waals surface area contributed by atoms with Gasteiger partial charge in [0.15, 0.2) is 0 Å². The van der Waals surface area contributed by atoms with Crippen LogP contribution in [0.25, 0.3) is 10.9 Å². The van der Waals surface area contributed by atoms with Crippen molar-refractivity contribution in [1.82, 2.24) is 9.55 Å². The average Bonchev–Trinajstić information content (AvgIpc) is 2.31. The van der Waals surface area contributed by atoms with E-state index in [0.29, 0.717) is 5.39 Å². The highest BCUT2D eigenvalue weighted by molar-refractivity contribution is 5.82. The van der Waals surface area contributed by atoms with Crippen LogP contribution in [-0.2, 0) is 12.5 Å². The highest BCUT2D eigenvalue weighted by atomic mass is 16.1. The van der Waals surface area contributed by atoms with Crippen molar-refractivity contribution < 1.29 is 0 Å². The number of benzene rings is 1. The van der Waals surface area contributed by atoms with Gasteiger partial charge in [0.05, 0.1) is 10.9 Å². The van der Waals surface area contributed by atoms with Crippen LogP contribution in [0.4, 0.5) is 0 Å². The Hall–Kier alpha value is -1.68. The van der Waals surface area contributed by atoms with Gasteiger partial charge in [-0.1, -0.05) is 6.07 Å². The van der Waals surface area contributed by atoms with E-state index in [1.54, 1.807) is 4.57 Å². The van der Waals surface area contributed by atoms with Crippen LogP contribution in [0.5, 0.6) is 0 Å². The smallest absolute Gasteiger partial charge is 0.261 e. The molecule has 1 aromatic heterocycles. The number of nitrogens with zero attached hydrogens (tertiary/aromatic N) is 2. The predicted octanol–water partition coefficient (Wildman–Crippen LogP) is 2.31. The van der Waals surface area contributed by atoms with Crippen LogP contribution in [-0.4, -0.2) is 9.55 Å². The fourth-order valence-electron chi connectivity index (χ4n) is 4.13. The summed E-state index contributed by atoms with van der Waals surface area (Å²) in [6.07, 6.45) is 3.58. The maximum Gasteiger partial charge on any atom is 0.261 e. The van der Waals surface area contributed by atoms with Gasteiger partial charge >= 0.3 is 0 Å². The zero-order valence-electron chi connectivity index (χ0n) is 12.8. The SMILES string of the molecule is Cc1cc([C@@H](C)N)c2nc(C34CC(C3)C4)n(C)c(=O)c2c1. The minimum atomic E-state index is -0.118. The van der Waals surface area contributed by atoms with E-state index < -0.39 is 0 Å². The number of nitrogens with two attached hydrogens (primary N) is 1. The number of aromatic nitrogens is 2. The topological polar surface area (TPSA) is 60.9 Å². The molecule has 2 N–H and O–H groups in total. The van der Waals surface area contributed by atoms with Gasteiger partial charge in [-0.05, 0) is 56.2 Å². The third-order valence-corrected chi connectivity index (χ3v) is 5.36. The van der Waals surface area contributed by atoms with Gasteiger partial charge in [-0.2, -0.15) is 0 Å². The van der Waals surface area contributed by atoms with Crippen molar-refractivity contribution in [2.24, 2.45) is 18.7 Å². The van der Waals surface area contributed by atoms with Crippen LogP contribution in [0.2, 0.25) is 0 Å². The van der Waals surface area contributed by atoms with Gasteiger partial charge in [0, 0.05) is 18.5 Å². The first-order chi connectivity index (χ1) is 9.91. The molecule has 0 amide bonds. The van der Waals surface area contributed by atoms with Crippen LogP contribution >= 0.6 is 0 Å². The summed E-state index contributed by atoms with van der Waals surface area (Å²) >= 11 is 0. The molecule has 110 valence electrons. The van der Waals surface area contributed by atoms with Gasteiger partial charge in [0.25, 0.3) is 5.56 Å². The Labute approximate surface area is 124 Å². The van der Waals surface area contributed by atoms with Crippen molar-refractivity contribution >= 4 is 10.9 Å². The number of aryl methyl sites for hydroxylation is 1. The first-order valence-corrected chi connectivity index (χ1v) is 7.69. The van der Waals surface area contributed by atoms with Crippen molar-refractivity contribution in [3.8, 4) is 0 Å². The van der Waals surface area contributed by atoms with E-state index >= 15 is 0 Å². The maximum absolute atomic E-state index is 12.8. The minimum absolute atomic E-state index is 0.0605. The summed E-state index contributed by atoms with van der Waals surface area (Å²) in [5.41, 5.74) is 9.19. The normalized spacial score (nSPS) is 28.1. The lowest BCUT2D eigenvalue weighted by Gasteiger charge is -2.61. The number of fused-ring (bicyclic) bond motifs is 1. The Morgan fingerprint density at radius 1 is 1.38 bits per heavy atom. The van der Waals surface area contributed by atoms with Crippen molar-refractivity contribution in [1.29, 1.82) is 0 Å². The Morgan fingerprint density at radius 2 is 2.05 bits per heavy atom. The zero-order chi connectivity index (χ0) is 14.9. The molecule has 0 saturated heterocycles. The molecule has 0 unspecified atom stereocenters. The molecule has 21 heavy (non-hydrogen) atoms. The number of hydrogen-bond donors (Lipinski definition) is 1. The lowest BCUT2D eigenvalue weighted by molar-refractivity contribution is -0.0373. The molecule has 4 heteroatoms. The van der Waals surface area contributed by atoms with Gasteiger partial charge in [-0.15, -0.1) is 0 Å². The molecule has 1 atom stereocenters. The second-order valence-corrected chi connectivity index (χ2v) is 7.10. The molecule has 2 bridgehead atoms. The molecule has 4 nitrogen and oxygen atoms in total. The van der Waals surface area contributed by atoms with Crippen molar-refractivity contribution in [3.05, 3.63) is 39.4 Å². The molecule has 3 aliphatic carbocycles. The summed E-state index contributed by atoms with van der Waals surface area (Å²) in [4.78, 5) is 17.7. The molecule has 0 radical (unpaired) electrons. The summed E-state index contributed by atoms with van der Waals surface area (Å²) in [5, 5.41) is 0.695. The molecule has 2 aromatic rings. The fourth-order valence-corrected chi connectivity index (χ4v) is 4.13. The summed E-state index contributed by atoms with van der Waals surface area (Å²) in [6.45, 7) is 3.95. The van der Waals surface area contributed by atoms with Crippen molar-refractivity contribution in [3.63, 3.8) is 0 Å². The van der Waals surface area contributed by atoms with Gasteiger partial charge < -0.3 is 5.73 Å². The molecular formula is C17H21N3O. The molecule has 3 fully saturated rings. The van der Waals surface area contributed by atoms with Gasteiger partial charge in [-0.3, -0.25) is 9.36 Å². The average molecular weight is 283 g/mol. The molecule has 3 saturated carbocycles. The molecule has 3 aliphatic rings. The lowest BCUT2D eigenvalue weighted by Crippen LogP contribution is -2.57. The molecular weight excluding hydrogens is 262 g/mol. The summed E-state index contributed by atoms with van der Waals surface area (Å²) in [7, 11) is 1.86. The van der Waals surface area contributed by atoms with E-state index in [1.807, 2.05) is 27.0 Å². The largest absolute Gasteiger partial charge is 0.324 e. The lowest BCUT2D eigenvalue weighted by atomic mass is 9.44. The van der Waals surface area contributed by atoms with Crippen LogP contribution in [0.1, 0.15) is 49.2 Å². The maximum atomic E-state index is 12.8. The van der Waals surface area contributed by atoms with E-state index in [1.165, 1.54) is 19.3 Å². The Balaban J connectivity index is 2.06. The highest BCUT2D eigenvalue weighted by Gasteiger charge is 2.59.